The number of nitrogens with one attached hydrogen (secondary N) is 3. The number of hydrogen-bond donors (Lipinski definition) is 3. The van der Waals surface area contributed by atoms with Gasteiger partial charge in [-0.1, -0.05) is 0 Å². The molecule has 156 valence electrons. The number of benzene rings is 1. The van der Waals surface area contributed by atoms with Crippen LogP contribution in [0.3, 0.4) is 0 Å². The average Bonchev–Trinajstić information content (AvgIpc) is 2.61. The number of rotatable bonds is 9. The molecule has 0 aromatic heterocycles. The number of guanidine groups is 1. The monoisotopic (exact) mass is 494 g/mol. The Morgan fingerprint density at radius 1 is 0.963 bits per heavy atom. The summed E-state index contributed by atoms with van der Waals surface area (Å²) in [6.07, 6.45) is 0. The van der Waals surface area contributed by atoms with Crippen molar-refractivity contribution < 1.29 is 14.2 Å². The largest absolute Gasteiger partial charge is 0.493 e. The van der Waals surface area contributed by atoms with Crippen molar-refractivity contribution in [2.75, 3.05) is 41.0 Å². The fourth-order valence-corrected chi connectivity index (χ4v) is 2.36. The molecular formula is C19H35IN4O3. The van der Waals surface area contributed by atoms with Crippen molar-refractivity contribution in [1.29, 1.82) is 0 Å². The fourth-order valence-electron chi connectivity index (χ4n) is 2.36. The van der Waals surface area contributed by atoms with Crippen LogP contribution >= 0.6 is 24.0 Å². The molecule has 0 fully saturated rings. The van der Waals surface area contributed by atoms with Gasteiger partial charge in [-0.25, -0.2) is 4.99 Å². The third-order valence-electron chi connectivity index (χ3n) is 3.56. The number of ether oxygens (including phenoxy) is 3. The Morgan fingerprint density at radius 2 is 1.56 bits per heavy atom. The standard InChI is InChI=1S/C19H34N4O3.HI/c1-8-20-18(21-9-10-23-19(2,3)4)22-13-14-11-15(24-5)17(26-7)16(12-14)25-6;/h11-12,23H,8-10,13H2,1-7H3,(H2,20,21,22);1H. The van der Waals surface area contributed by atoms with Crippen LogP contribution in [-0.2, 0) is 6.54 Å². The Kier molecular flexibility index (Phi) is 12.2. The third kappa shape index (κ3) is 9.37. The smallest absolute Gasteiger partial charge is 0.203 e. The van der Waals surface area contributed by atoms with Gasteiger partial charge in [-0.15, -0.1) is 24.0 Å². The molecule has 3 N–H and O–H groups in total. The lowest BCUT2D eigenvalue weighted by Crippen LogP contribution is -2.44. The summed E-state index contributed by atoms with van der Waals surface area (Å²) in [5.41, 5.74) is 1.08. The Labute approximate surface area is 180 Å². The van der Waals surface area contributed by atoms with E-state index in [2.05, 4.69) is 41.7 Å². The van der Waals surface area contributed by atoms with Crippen LogP contribution in [0.1, 0.15) is 33.3 Å². The molecule has 0 spiro atoms. The lowest BCUT2D eigenvalue weighted by molar-refractivity contribution is 0.324. The van der Waals surface area contributed by atoms with Gasteiger partial charge in [0.15, 0.2) is 17.5 Å². The zero-order chi connectivity index (χ0) is 19.6. The summed E-state index contributed by atoms with van der Waals surface area (Å²) < 4.78 is 16.1. The molecule has 0 heterocycles. The quantitative estimate of drug-likeness (QED) is 0.212. The number of methoxy groups -OCH3 is 3. The van der Waals surface area contributed by atoms with Crippen molar-refractivity contribution in [3.8, 4) is 17.2 Å². The summed E-state index contributed by atoms with van der Waals surface area (Å²) in [4.78, 5) is 4.64. The van der Waals surface area contributed by atoms with E-state index in [4.69, 9.17) is 14.2 Å². The van der Waals surface area contributed by atoms with Gasteiger partial charge in [-0.05, 0) is 45.4 Å². The molecule has 0 aliphatic heterocycles. The predicted octanol–water partition coefficient (Wildman–Crippen LogP) is 2.77. The molecule has 1 rings (SSSR count). The van der Waals surface area contributed by atoms with E-state index in [9.17, 15) is 0 Å². The maximum absolute atomic E-state index is 5.39. The first-order valence-electron chi connectivity index (χ1n) is 8.90. The van der Waals surface area contributed by atoms with Gasteiger partial charge in [-0.2, -0.15) is 0 Å². The lowest BCUT2D eigenvalue weighted by Gasteiger charge is -2.21. The molecule has 0 radical (unpaired) electrons. The van der Waals surface area contributed by atoms with Gasteiger partial charge in [0, 0.05) is 25.2 Å². The van der Waals surface area contributed by atoms with Crippen LogP contribution < -0.4 is 30.2 Å². The molecule has 0 saturated carbocycles. The Bertz CT molecular complexity index is 564. The highest BCUT2D eigenvalue weighted by molar-refractivity contribution is 14.0. The first-order chi connectivity index (χ1) is 12.3. The Balaban J connectivity index is 0.00000676. The zero-order valence-corrected chi connectivity index (χ0v) is 19.9. The van der Waals surface area contributed by atoms with Crippen LogP contribution in [0, 0.1) is 0 Å². The maximum Gasteiger partial charge on any atom is 0.203 e. The number of aliphatic imine (C=N–C) groups is 1. The molecule has 0 bridgehead atoms. The molecule has 27 heavy (non-hydrogen) atoms. The summed E-state index contributed by atoms with van der Waals surface area (Å²) in [5.74, 6) is 2.62. The Morgan fingerprint density at radius 3 is 2.00 bits per heavy atom. The minimum Gasteiger partial charge on any atom is -0.493 e. The second-order valence-corrected chi connectivity index (χ2v) is 6.83. The predicted molar refractivity (Wildman–Crippen MR) is 122 cm³/mol. The highest BCUT2D eigenvalue weighted by atomic mass is 127. The van der Waals surface area contributed by atoms with Gasteiger partial charge in [0.05, 0.1) is 27.9 Å². The van der Waals surface area contributed by atoms with E-state index in [0.717, 1.165) is 31.2 Å². The van der Waals surface area contributed by atoms with E-state index in [1.54, 1.807) is 21.3 Å². The SMILES string of the molecule is CCNC(=NCc1cc(OC)c(OC)c(OC)c1)NCCNC(C)(C)C.I. The summed E-state index contributed by atoms with van der Waals surface area (Å²) in [7, 11) is 4.81. The van der Waals surface area contributed by atoms with Crippen LogP contribution in [0.5, 0.6) is 17.2 Å². The highest BCUT2D eigenvalue weighted by Crippen LogP contribution is 2.38. The minimum absolute atomic E-state index is 0. The van der Waals surface area contributed by atoms with Gasteiger partial charge in [0.25, 0.3) is 0 Å². The van der Waals surface area contributed by atoms with Crippen molar-refractivity contribution in [1.82, 2.24) is 16.0 Å². The van der Waals surface area contributed by atoms with Gasteiger partial charge in [-0.3, -0.25) is 0 Å². The van der Waals surface area contributed by atoms with Crippen LogP contribution in [0.15, 0.2) is 17.1 Å². The van der Waals surface area contributed by atoms with E-state index in [0.29, 0.717) is 23.8 Å². The number of hydrogen-bond acceptors (Lipinski definition) is 5. The van der Waals surface area contributed by atoms with E-state index in [1.165, 1.54) is 0 Å². The van der Waals surface area contributed by atoms with Gasteiger partial charge < -0.3 is 30.2 Å². The lowest BCUT2D eigenvalue weighted by atomic mass is 10.1. The van der Waals surface area contributed by atoms with Crippen molar-refractivity contribution >= 4 is 29.9 Å². The molecule has 0 saturated heterocycles. The Hall–Kier alpha value is -1.42. The van der Waals surface area contributed by atoms with Gasteiger partial charge in [0.2, 0.25) is 5.75 Å². The fraction of sp³-hybridized carbons (Fsp3) is 0.632. The molecular weight excluding hydrogens is 459 g/mol. The van der Waals surface area contributed by atoms with Crippen molar-refractivity contribution in [3.05, 3.63) is 17.7 Å². The minimum atomic E-state index is 0. The molecule has 0 atom stereocenters. The van der Waals surface area contributed by atoms with Crippen molar-refractivity contribution in [3.63, 3.8) is 0 Å². The topological polar surface area (TPSA) is 76.1 Å². The zero-order valence-electron chi connectivity index (χ0n) is 17.6. The average molecular weight is 494 g/mol. The summed E-state index contributed by atoms with van der Waals surface area (Å²) in [6.45, 7) is 11.4. The van der Waals surface area contributed by atoms with Gasteiger partial charge in [0.1, 0.15) is 0 Å². The molecule has 0 amide bonds. The van der Waals surface area contributed by atoms with Crippen LogP contribution in [0.4, 0.5) is 0 Å². The van der Waals surface area contributed by atoms with Gasteiger partial charge >= 0.3 is 0 Å². The second kappa shape index (κ2) is 12.9. The summed E-state index contributed by atoms with van der Waals surface area (Å²) >= 11 is 0. The van der Waals surface area contributed by atoms with Crippen LogP contribution in [0.25, 0.3) is 0 Å². The number of halogens is 1. The van der Waals surface area contributed by atoms with E-state index in [-0.39, 0.29) is 29.5 Å². The highest BCUT2D eigenvalue weighted by Gasteiger charge is 2.13. The molecule has 0 aliphatic rings. The number of nitrogens with zero attached hydrogens (tertiary/aromatic N) is 1. The molecule has 0 unspecified atom stereocenters. The first-order valence-corrected chi connectivity index (χ1v) is 8.90. The summed E-state index contributed by atoms with van der Waals surface area (Å²) in [5, 5.41) is 10.0. The van der Waals surface area contributed by atoms with Crippen LogP contribution in [0.2, 0.25) is 0 Å². The van der Waals surface area contributed by atoms with Crippen molar-refractivity contribution in [2.45, 2.75) is 39.8 Å². The molecule has 1 aromatic carbocycles. The normalized spacial score (nSPS) is 11.4. The van der Waals surface area contributed by atoms with E-state index in [1.807, 2.05) is 19.1 Å². The molecule has 0 aliphatic carbocycles. The molecule has 8 heteroatoms. The maximum atomic E-state index is 5.39. The summed E-state index contributed by atoms with van der Waals surface area (Å²) in [6, 6.07) is 3.82. The molecule has 7 nitrogen and oxygen atoms in total. The third-order valence-corrected chi connectivity index (χ3v) is 3.56. The van der Waals surface area contributed by atoms with E-state index < -0.39 is 0 Å². The molecule has 1 aromatic rings. The second-order valence-electron chi connectivity index (χ2n) is 6.83. The van der Waals surface area contributed by atoms with Crippen molar-refractivity contribution in [2.24, 2.45) is 4.99 Å². The van der Waals surface area contributed by atoms with Crippen LogP contribution in [-0.4, -0.2) is 52.5 Å². The van der Waals surface area contributed by atoms with E-state index >= 15 is 0 Å². The first kappa shape index (κ1) is 25.6.